The van der Waals surface area contributed by atoms with Crippen molar-refractivity contribution in [3.63, 3.8) is 0 Å². The summed E-state index contributed by atoms with van der Waals surface area (Å²) in [5.74, 6) is 1.59. The number of nitrogens with zero attached hydrogens (tertiary/aromatic N) is 4. The molecule has 1 aromatic carbocycles. The zero-order chi connectivity index (χ0) is 18.2. The fraction of sp³-hybridized carbons (Fsp3) is 0.500. The first-order valence-electron chi connectivity index (χ1n) is 9.25. The average Bonchev–Trinajstić information content (AvgIpc) is 2.63. The first-order valence-corrected chi connectivity index (χ1v) is 9.25. The van der Waals surface area contributed by atoms with Crippen molar-refractivity contribution in [2.24, 2.45) is 0 Å². The molecular weight excluding hydrogens is 310 g/mol. The van der Waals surface area contributed by atoms with Crippen molar-refractivity contribution < 1.29 is 0 Å². The molecule has 0 aliphatic carbocycles. The van der Waals surface area contributed by atoms with Crippen molar-refractivity contribution in [3.05, 3.63) is 36.0 Å². The molecule has 1 N–H and O–H groups in total. The molecule has 0 fully saturated rings. The van der Waals surface area contributed by atoms with Gasteiger partial charge in [0.15, 0.2) is 0 Å². The molecule has 0 saturated carbocycles. The molecule has 136 valence electrons. The SMILES string of the molecule is CCCCN(C)c1nccc(Nc2ccc(N(CC)CC)cc2C)n1. The van der Waals surface area contributed by atoms with Gasteiger partial charge in [0.05, 0.1) is 0 Å². The number of aromatic nitrogens is 2. The fourth-order valence-corrected chi connectivity index (χ4v) is 2.81. The minimum atomic E-state index is 0.760. The van der Waals surface area contributed by atoms with Gasteiger partial charge in [-0.15, -0.1) is 0 Å². The van der Waals surface area contributed by atoms with Gasteiger partial charge >= 0.3 is 0 Å². The van der Waals surface area contributed by atoms with E-state index < -0.39 is 0 Å². The predicted octanol–water partition coefficient (Wildman–Crippen LogP) is 4.61. The molecule has 0 saturated heterocycles. The molecule has 0 atom stereocenters. The lowest BCUT2D eigenvalue weighted by molar-refractivity contribution is 0.750. The summed E-state index contributed by atoms with van der Waals surface area (Å²) in [7, 11) is 2.04. The van der Waals surface area contributed by atoms with Crippen LogP contribution in [-0.2, 0) is 0 Å². The topological polar surface area (TPSA) is 44.3 Å². The summed E-state index contributed by atoms with van der Waals surface area (Å²) in [5, 5.41) is 3.43. The molecule has 0 radical (unpaired) electrons. The number of hydrogen-bond acceptors (Lipinski definition) is 5. The summed E-state index contributed by atoms with van der Waals surface area (Å²) in [6.45, 7) is 11.7. The Kier molecular flexibility index (Phi) is 7.04. The van der Waals surface area contributed by atoms with E-state index in [1.165, 1.54) is 17.7 Å². The molecule has 1 aromatic heterocycles. The second-order valence-electron chi connectivity index (χ2n) is 6.31. The van der Waals surface area contributed by atoms with E-state index in [0.29, 0.717) is 0 Å². The summed E-state index contributed by atoms with van der Waals surface area (Å²) in [5.41, 5.74) is 3.55. The maximum Gasteiger partial charge on any atom is 0.227 e. The number of benzene rings is 1. The van der Waals surface area contributed by atoms with Gasteiger partial charge < -0.3 is 15.1 Å². The lowest BCUT2D eigenvalue weighted by Gasteiger charge is -2.22. The van der Waals surface area contributed by atoms with E-state index in [-0.39, 0.29) is 0 Å². The lowest BCUT2D eigenvalue weighted by atomic mass is 10.1. The van der Waals surface area contributed by atoms with Crippen LogP contribution in [0, 0.1) is 6.92 Å². The molecule has 2 rings (SSSR count). The number of hydrogen-bond donors (Lipinski definition) is 1. The van der Waals surface area contributed by atoms with E-state index in [1.807, 2.05) is 19.3 Å². The van der Waals surface area contributed by atoms with E-state index in [1.54, 1.807) is 0 Å². The van der Waals surface area contributed by atoms with Gasteiger partial charge in [-0.25, -0.2) is 4.98 Å². The van der Waals surface area contributed by atoms with Crippen molar-refractivity contribution >= 4 is 23.1 Å². The van der Waals surface area contributed by atoms with Crippen LogP contribution in [0.5, 0.6) is 0 Å². The fourth-order valence-electron chi connectivity index (χ4n) is 2.81. The van der Waals surface area contributed by atoms with Gasteiger partial charge in [-0.1, -0.05) is 13.3 Å². The van der Waals surface area contributed by atoms with Crippen LogP contribution >= 0.6 is 0 Å². The van der Waals surface area contributed by atoms with Crippen molar-refractivity contribution in [2.75, 3.05) is 41.8 Å². The molecule has 2 aromatic rings. The molecule has 0 unspecified atom stereocenters. The highest BCUT2D eigenvalue weighted by atomic mass is 15.2. The van der Waals surface area contributed by atoms with Gasteiger partial charge in [0.25, 0.3) is 0 Å². The van der Waals surface area contributed by atoms with Crippen LogP contribution in [0.4, 0.5) is 23.1 Å². The van der Waals surface area contributed by atoms with Gasteiger partial charge in [-0.3, -0.25) is 0 Å². The Labute approximate surface area is 152 Å². The second kappa shape index (κ2) is 9.25. The highest BCUT2D eigenvalue weighted by molar-refractivity contribution is 5.65. The smallest absolute Gasteiger partial charge is 0.227 e. The quantitative estimate of drug-likeness (QED) is 0.721. The third-order valence-electron chi connectivity index (χ3n) is 4.43. The lowest BCUT2D eigenvalue weighted by Crippen LogP contribution is -2.22. The standard InChI is InChI=1S/C20H31N5/c1-6-9-14-24(5)20-21-13-12-19(23-20)22-18-11-10-17(15-16(18)4)25(7-2)8-3/h10-13,15H,6-9,14H2,1-5H3,(H,21,22,23). The van der Waals surface area contributed by atoms with Crippen molar-refractivity contribution in [3.8, 4) is 0 Å². The Morgan fingerprint density at radius 3 is 2.48 bits per heavy atom. The van der Waals surface area contributed by atoms with Crippen molar-refractivity contribution in [1.82, 2.24) is 9.97 Å². The van der Waals surface area contributed by atoms with Gasteiger partial charge in [0, 0.05) is 44.3 Å². The van der Waals surface area contributed by atoms with Crippen LogP contribution in [0.2, 0.25) is 0 Å². The minimum Gasteiger partial charge on any atom is -0.372 e. The zero-order valence-electron chi connectivity index (χ0n) is 16.2. The number of unbranched alkanes of at least 4 members (excludes halogenated alkanes) is 1. The van der Waals surface area contributed by atoms with E-state index in [0.717, 1.165) is 43.5 Å². The Morgan fingerprint density at radius 2 is 1.84 bits per heavy atom. The Morgan fingerprint density at radius 1 is 1.08 bits per heavy atom. The molecule has 5 nitrogen and oxygen atoms in total. The number of aryl methyl sites for hydroxylation is 1. The Bertz CT molecular complexity index is 667. The summed E-state index contributed by atoms with van der Waals surface area (Å²) in [4.78, 5) is 13.5. The normalized spacial score (nSPS) is 10.6. The average molecular weight is 342 g/mol. The largest absolute Gasteiger partial charge is 0.372 e. The van der Waals surface area contributed by atoms with E-state index in [9.17, 15) is 0 Å². The molecule has 1 heterocycles. The Hall–Kier alpha value is -2.30. The number of rotatable bonds is 9. The molecule has 25 heavy (non-hydrogen) atoms. The first-order chi connectivity index (χ1) is 12.1. The molecule has 0 amide bonds. The summed E-state index contributed by atoms with van der Waals surface area (Å²) in [6, 6.07) is 8.43. The van der Waals surface area contributed by atoms with Crippen molar-refractivity contribution in [1.29, 1.82) is 0 Å². The molecule has 0 aliphatic rings. The maximum absolute atomic E-state index is 4.65. The molecule has 0 bridgehead atoms. The van der Waals surface area contributed by atoms with Crippen molar-refractivity contribution in [2.45, 2.75) is 40.5 Å². The third-order valence-corrected chi connectivity index (χ3v) is 4.43. The minimum absolute atomic E-state index is 0.760. The van der Waals surface area contributed by atoms with E-state index >= 15 is 0 Å². The van der Waals surface area contributed by atoms with Gasteiger partial charge in [-0.05, 0) is 57.0 Å². The van der Waals surface area contributed by atoms with Gasteiger partial charge in [0.1, 0.15) is 5.82 Å². The first kappa shape index (κ1) is 19.0. The van der Waals surface area contributed by atoms with Gasteiger partial charge in [0.2, 0.25) is 5.95 Å². The van der Waals surface area contributed by atoms with Crippen LogP contribution in [0.1, 0.15) is 39.2 Å². The van der Waals surface area contributed by atoms with Crippen LogP contribution < -0.4 is 15.1 Å². The maximum atomic E-state index is 4.65. The highest BCUT2D eigenvalue weighted by Crippen LogP contribution is 2.25. The highest BCUT2D eigenvalue weighted by Gasteiger charge is 2.08. The number of anilines is 4. The monoisotopic (exact) mass is 341 g/mol. The van der Waals surface area contributed by atoms with E-state index in [4.69, 9.17) is 0 Å². The van der Waals surface area contributed by atoms with Crippen LogP contribution in [0.15, 0.2) is 30.5 Å². The second-order valence-corrected chi connectivity index (χ2v) is 6.31. The van der Waals surface area contributed by atoms with E-state index in [2.05, 4.69) is 71.0 Å². The summed E-state index contributed by atoms with van der Waals surface area (Å²) < 4.78 is 0. The molecule has 0 spiro atoms. The van der Waals surface area contributed by atoms with Gasteiger partial charge in [-0.2, -0.15) is 4.98 Å². The van der Waals surface area contributed by atoms with Crippen LogP contribution in [0.25, 0.3) is 0 Å². The Balaban J connectivity index is 2.14. The molecular formula is C20H31N5. The zero-order valence-corrected chi connectivity index (χ0v) is 16.2. The molecule has 5 heteroatoms. The summed E-state index contributed by atoms with van der Waals surface area (Å²) >= 11 is 0. The summed E-state index contributed by atoms with van der Waals surface area (Å²) in [6.07, 6.45) is 4.12. The molecule has 0 aliphatic heterocycles. The van der Waals surface area contributed by atoms with Crippen LogP contribution in [0.3, 0.4) is 0 Å². The third kappa shape index (κ3) is 5.08. The van der Waals surface area contributed by atoms with Crippen LogP contribution in [-0.4, -0.2) is 36.6 Å². The number of nitrogens with one attached hydrogen (secondary N) is 1. The predicted molar refractivity (Wildman–Crippen MR) is 108 cm³/mol.